The van der Waals surface area contributed by atoms with Crippen LogP contribution in [0.15, 0.2) is 20.2 Å². The van der Waals surface area contributed by atoms with Gasteiger partial charge in [0.05, 0.1) is 0 Å². The van der Waals surface area contributed by atoms with Crippen molar-refractivity contribution in [2.24, 2.45) is 0 Å². The first-order chi connectivity index (χ1) is 6.99. The van der Waals surface area contributed by atoms with Gasteiger partial charge in [0.15, 0.2) is 5.82 Å². The number of carbonyl (C=O) groups is 1. The number of halogens is 3. The van der Waals surface area contributed by atoms with Crippen molar-refractivity contribution in [1.82, 2.24) is 10.5 Å². The number of hydrogen-bond donors (Lipinski definition) is 2. The van der Waals surface area contributed by atoms with Crippen molar-refractivity contribution in [3.05, 3.63) is 21.5 Å². The summed E-state index contributed by atoms with van der Waals surface area (Å²) >= 11 is 16.1. The summed E-state index contributed by atoms with van der Waals surface area (Å²) in [5.74, 6) is 0.836. The Morgan fingerprint density at radius 3 is 2.60 bits per heavy atom. The van der Waals surface area contributed by atoms with Gasteiger partial charge in [-0.1, -0.05) is 40.0 Å². The van der Waals surface area contributed by atoms with Gasteiger partial charge in [0.1, 0.15) is 15.4 Å². The normalized spacial score (nSPS) is 9.60. The number of aryl methyl sites for hydroxylation is 1. The van der Waals surface area contributed by atoms with Crippen molar-refractivity contribution >= 4 is 46.7 Å². The van der Waals surface area contributed by atoms with Crippen molar-refractivity contribution in [3.63, 3.8) is 0 Å². The smallest absolute Gasteiger partial charge is 0.325 e. The minimum Gasteiger partial charge on any atom is -0.360 e. The van der Waals surface area contributed by atoms with Gasteiger partial charge >= 0.3 is 6.03 Å². The molecule has 0 saturated carbocycles. The van der Waals surface area contributed by atoms with Crippen LogP contribution in [0.4, 0.5) is 10.6 Å². The molecular weight excluding hydrogens is 264 g/mol. The second-order valence-corrected chi connectivity index (χ2v) is 3.80. The van der Waals surface area contributed by atoms with Crippen LogP contribution in [0.3, 0.4) is 0 Å². The van der Waals surface area contributed by atoms with E-state index in [-0.39, 0.29) is 15.5 Å². The van der Waals surface area contributed by atoms with Gasteiger partial charge in [0.2, 0.25) is 0 Å². The van der Waals surface area contributed by atoms with Gasteiger partial charge in [-0.05, 0) is 6.92 Å². The Bertz CT molecular complexity index is 398. The molecular formula is C7H6Cl3N3O2. The summed E-state index contributed by atoms with van der Waals surface area (Å²) in [5, 5.41) is 7.91. The standard InChI is InChI=1S/C7H6Cl3N3O2/c1-3-2-4(13-15-3)11-7(14)12-6(10)5(8)9/h2H,1H3,(H2,11,12,13,14). The molecule has 0 saturated heterocycles. The SMILES string of the molecule is Cc1cc(NC(=O)NC(Cl)=C(Cl)Cl)no1. The fraction of sp³-hybridized carbons (Fsp3) is 0.143. The molecule has 0 aliphatic rings. The Kier molecular flexibility index (Phi) is 4.26. The maximum absolute atomic E-state index is 11.2. The summed E-state index contributed by atoms with van der Waals surface area (Å²) in [6, 6.07) is 0.923. The lowest BCUT2D eigenvalue weighted by Gasteiger charge is -2.02. The van der Waals surface area contributed by atoms with Crippen LogP contribution >= 0.6 is 34.8 Å². The minimum absolute atomic E-state index is 0.170. The number of urea groups is 1. The number of nitrogens with zero attached hydrogens (tertiary/aromatic N) is 1. The number of aromatic nitrogens is 1. The molecule has 0 bridgehead atoms. The third-order valence-electron chi connectivity index (χ3n) is 1.26. The highest BCUT2D eigenvalue weighted by atomic mass is 35.5. The molecule has 8 heteroatoms. The van der Waals surface area contributed by atoms with Crippen LogP contribution in [0.1, 0.15) is 5.76 Å². The Balaban J connectivity index is 2.54. The Labute approximate surface area is 100 Å². The molecule has 0 spiro atoms. The first kappa shape index (κ1) is 12.2. The molecule has 0 aliphatic heterocycles. The van der Waals surface area contributed by atoms with E-state index in [1.807, 2.05) is 0 Å². The monoisotopic (exact) mass is 269 g/mol. The summed E-state index contributed by atoms with van der Waals surface area (Å²) in [7, 11) is 0. The fourth-order valence-corrected chi connectivity index (χ4v) is 0.900. The number of rotatable bonds is 2. The molecule has 1 rings (SSSR count). The molecule has 0 radical (unpaired) electrons. The zero-order chi connectivity index (χ0) is 11.4. The van der Waals surface area contributed by atoms with Crippen LogP contribution in [0, 0.1) is 6.92 Å². The summed E-state index contributed by atoms with van der Waals surface area (Å²) < 4.78 is 4.49. The molecule has 0 unspecified atom stereocenters. The van der Waals surface area contributed by atoms with Crippen LogP contribution in [-0.2, 0) is 0 Å². The average Bonchev–Trinajstić information content (AvgIpc) is 2.50. The van der Waals surface area contributed by atoms with Gasteiger partial charge in [-0.2, -0.15) is 0 Å². The molecule has 5 nitrogen and oxygen atoms in total. The number of amides is 2. The highest BCUT2D eigenvalue weighted by molar-refractivity contribution is 6.59. The lowest BCUT2D eigenvalue weighted by atomic mass is 10.5. The summed E-state index contributed by atoms with van der Waals surface area (Å²) in [4.78, 5) is 11.2. The third-order valence-corrected chi connectivity index (χ3v) is 2.11. The minimum atomic E-state index is -0.618. The van der Waals surface area contributed by atoms with Gasteiger partial charge in [0, 0.05) is 6.07 Å². The number of nitrogens with one attached hydrogen (secondary N) is 2. The molecule has 0 aliphatic carbocycles. The van der Waals surface area contributed by atoms with Crippen LogP contribution in [0.25, 0.3) is 0 Å². The highest BCUT2D eigenvalue weighted by Gasteiger charge is 2.08. The quantitative estimate of drug-likeness (QED) is 0.812. The van der Waals surface area contributed by atoms with E-state index in [1.54, 1.807) is 13.0 Å². The highest BCUT2D eigenvalue weighted by Crippen LogP contribution is 2.15. The summed E-state index contributed by atoms with van der Waals surface area (Å²) in [6.45, 7) is 1.69. The molecule has 0 atom stereocenters. The van der Waals surface area contributed by atoms with Crippen LogP contribution in [0.2, 0.25) is 0 Å². The van der Waals surface area contributed by atoms with Crippen molar-refractivity contribution < 1.29 is 9.32 Å². The fourth-order valence-electron chi connectivity index (χ4n) is 0.720. The first-order valence-corrected chi connectivity index (χ1v) is 4.84. The average molecular weight is 271 g/mol. The molecule has 2 N–H and O–H groups in total. The van der Waals surface area contributed by atoms with Crippen molar-refractivity contribution in [3.8, 4) is 0 Å². The predicted octanol–water partition coefficient (Wildman–Crippen LogP) is 2.95. The first-order valence-electron chi connectivity index (χ1n) is 3.71. The number of hydrogen-bond acceptors (Lipinski definition) is 3. The van der Waals surface area contributed by atoms with E-state index in [0.717, 1.165) is 0 Å². The van der Waals surface area contributed by atoms with E-state index in [9.17, 15) is 4.79 Å². The van der Waals surface area contributed by atoms with Gasteiger partial charge < -0.3 is 4.52 Å². The molecule has 82 valence electrons. The zero-order valence-corrected chi connectivity index (χ0v) is 9.74. The Morgan fingerprint density at radius 1 is 1.47 bits per heavy atom. The largest absolute Gasteiger partial charge is 0.360 e. The number of carbonyl (C=O) groups excluding carboxylic acids is 1. The predicted molar refractivity (Wildman–Crippen MR) is 58.0 cm³/mol. The van der Waals surface area contributed by atoms with E-state index < -0.39 is 6.03 Å². The van der Waals surface area contributed by atoms with Gasteiger partial charge in [0.25, 0.3) is 0 Å². The lowest BCUT2D eigenvalue weighted by molar-refractivity contribution is 0.254. The van der Waals surface area contributed by atoms with Crippen LogP contribution in [0.5, 0.6) is 0 Å². The second-order valence-electron chi connectivity index (χ2n) is 2.48. The maximum atomic E-state index is 11.2. The molecule has 0 fully saturated rings. The van der Waals surface area contributed by atoms with E-state index >= 15 is 0 Å². The Hall–Kier alpha value is -0.910. The summed E-state index contributed by atoms with van der Waals surface area (Å²) in [5.41, 5.74) is 0. The van der Waals surface area contributed by atoms with E-state index in [1.165, 1.54) is 0 Å². The van der Waals surface area contributed by atoms with Crippen molar-refractivity contribution in [2.45, 2.75) is 6.92 Å². The van der Waals surface area contributed by atoms with Crippen LogP contribution in [-0.4, -0.2) is 11.2 Å². The second kappa shape index (κ2) is 5.25. The molecule has 1 aromatic heterocycles. The van der Waals surface area contributed by atoms with E-state index in [2.05, 4.69) is 15.8 Å². The van der Waals surface area contributed by atoms with Crippen molar-refractivity contribution in [2.75, 3.05) is 5.32 Å². The van der Waals surface area contributed by atoms with Gasteiger partial charge in [-0.25, -0.2) is 4.79 Å². The summed E-state index contributed by atoms with van der Waals surface area (Å²) in [6.07, 6.45) is 0. The van der Waals surface area contributed by atoms with Crippen molar-refractivity contribution in [1.29, 1.82) is 0 Å². The molecule has 1 aromatic rings. The van der Waals surface area contributed by atoms with Gasteiger partial charge in [-0.15, -0.1) is 0 Å². The molecule has 0 aromatic carbocycles. The molecule has 1 heterocycles. The van der Waals surface area contributed by atoms with Crippen LogP contribution < -0.4 is 10.6 Å². The Morgan fingerprint density at radius 2 is 2.13 bits per heavy atom. The van der Waals surface area contributed by atoms with Gasteiger partial charge in [-0.3, -0.25) is 10.6 Å². The number of anilines is 1. The molecule has 2 amide bonds. The van der Waals surface area contributed by atoms with E-state index in [4.69, 9.17) is 39.3 Å². The maximum Gasteiger partial charge on any atom is 0.325 e. The lowest BCUT2D eigenvalue weighted by Crippen LogP contribution is -2.26. The third kappa shape index (κ3) is 3.99. The zero-order valence-electron chi connectivity index (χ0n) is 7.47. The molecule has 15 heavy (non-hydrogen) atoms. The topological polar surface area (TPSA) is 67.2 Å². The van der Waals surface area contributed by atoms with E-state index in [0.29, 0.717) is 5.76 Å².